The minimum Gasteiger partial charge on any atom is -0.315 e. The Bertz CT molecular complexity index is 264. The summed E-state index contributed by atoms with van der Waals surface area (Å²) in [7, 11) is 2.15. The fraction of sp³-hybridized carbons (Fsp3) is 1.00. The van der Waals surface area contributed by atoms with Gasteiger partial charge in [0.1, 0.15) is 0 Å². The lowest BCUT2D eigenvalue weighted by molar-refractivity contribution is 0.0795. The molecule has 0 aromatic rings. The standard InChI is InChI=1S/C16H32N2/c1-11(2)14-6-7-15(17-5)16(9-14)18-10-12(3)8-13(18)4/h11-17H,6-10H2,1-5H3. The van der Waals surface area contributed by atoms with Crippen LogP contribution in [0.4, 0.5) is 0 Å². The molecule has 2 rings (SSSR count). The molecule has 0 aromatic heterocycles. The quantitative estimate of drug-likeness (QED) is 0.830. The lowest BCUT2D eigenvalue weighted by Crippen LogP contribution is -2.53. The second kappa shape index (κ2) is 5.92. The van der Waals surface area contributed by atoms with Crippen molar-refractivity contribution in [3.8, 4) is 0 Å². The second-order valence-electron chi connectivity index (χ2n) is 7.17. The molecule has 18 heavy (non-hydrogen) atoms. The number of nitrogens with zero attached hydrogens (tertiary/aromatic N) is 1. The Hall–Kier alpha value is -0.0800. The summed E-state index contributed by atoms with van der Waals surface area (Å²) in [6.45, 7) is 11.0. The smallest absolute Gasteiger partial charge is 0.0254 e. The minimum absolute atomic E-state index is 0.716. The van der Waals surface area contributed by atoms with Crippen LogP contribution in [0.15, 0.2) is 0 Å². The first kappa shape index (κ1) is 14.3. The lowest BCUT2D eigenvalue weighted by atomic mass is 9.76. The molecule has 1 aliphatic carbocycles. The number of rotatable bonds is 3. The predicted octanol–water partition coefficient (Wildman–Crippen LogP) is 3.13. The van der Waals surface area contributed by atoms with E-state index in [9.17, 15) is 0 Å². The van der Waals surface area contributed by atoms with Crippen molar-refractivity contribution in [1.29, 1.82) is 0 Å². The first-order valence-electron chi connectivity index (χ1n) is 7.96. The second-order valence-corrected chi connectivity index (χ2v) is 7.17. The van der Waals surface area contributed by atoms with Crippen LogP contribution in [-0.2, 0) is 0 Å². The van der Waals surface area contributed by atoms with E-state index >= 15 is 0 Å². The molecule has 2 heteroatoms. The average Bonchev–Trinajstić information content (AvgIpc) is 2.67. The number of nitrogens with one attached hydrogen (secondary N) is 1. The first-order chi connectivity index (χ1) is 8.52. The highest BCUT2D eigenvalue weighted by Crippen LogP contribution is 2.36. The monoisotopic (exact) mass is 252 g/mol. The normalized spacial score (nSPS) is 42.7. The molecule has 0 aromatic carbocycles. The molecule has 1 N–H and O–H groups in total. The Morgan fingerprint density at radius 3 is 2.33 bits per heavy atom. The summed E-state index contributed by atoms with van der Waals surface area (Å²) in [5.74, 6) is 2.67. The number of likely N-dealkylation sites (tertiary alicyclic amines) is 1. The van der Waals surface area contributed by atoms with E-state index in [2.05, 4.69) is 45.0 Å². The van der Waals surface area contributed by atoms with E-state index in [1.54, 1.807) is 0 Å². The van der Waals surface area contributed by atoms with Crippen LogP contribution in [0.25, 0.3) is 0 Å². The zero-order chi connectivity index (χ0) is 13.3. The van der Waals surface area contributed by atoms with Gasteiger partial charge in [0.15, 0.2) is 0 Å². The van der Waals surface area contributed by atoms with Crippen molar-refractivity contribution in [1.82, 2.24) is 10.2 Å². The molecule has 5 atom stereocenters. The van der Waals surface area contributed by atoms with Crippen molar-refractivity contribution in [2.45, 2.75) is 71.5 Å². The number of hydrogen-bond acceptors (Lipinski definition) is 2. The third-order valence-electron chi connectivity index (χ3n) is 5.43. The Balaban J connectivity index is 2.06. The maximum atomic E-state index is 3.58. The van der Waals surface area contributed by atoms with Crippen LogP contribution in [0.2, 0.25) is 0 Å². The van der Waals surface area contributed by atoms with E-state index in [-0.39, 0.29) is 0 Å². The maximum Gasteiger partial charge on any atom is 0.0254 e. The van der Waals surface area contributed by atoms with Crippen LogP contribution in [0.1, 0.15) is 53.4 Å². The van der Waals surface area contributed by atoms with E-state index in [0.717, 1.165) is 29.8 Å². The topological polar surface area (TPSA) is 15.3 Å². The van der Waals surface area contributed by atoms with E-state index in [4.69, 9.17) is 0 Å². The van der Waals surface area contributed by atoms with E-state index in [0.29, 0.717) is 6.04 Å². The third kappa shape index (κ3) is 2.91. The van der Waals surface area contributed by atoms with Gasteiger partial charge in [0.05, 0.1) is 0 Å². The molecule has 5 unspecified atom stereocenters. The summed E-state index contributed by atoms with van der Waals surface area (Å²) in [5.41, 5.74) is 0. The molecule has 2 aliphatic rings. The zero-order valence-corrected chi connectivity index (χ0v) is 12.9. The van der Waals surface area contributed by atoms with Gasteiger partial charge in [0.25, 0.3) is 0 Å². The van der Waals surface area contributed by atoms with Crippen LogP contribution in [0.3, 0.4) is 0 Å². The number of hydrogen-bond donors (Lipinski definition) is 1. The van der Waals surface area contributed by atoms with Gasteiger partial charge in [-0.05, 0) is 57.4 Å². The van der Waals surface area contributed by atoms with Crippen molar-refractivity contribution < 1.29 is 0 Å². The van der Waals surface area contributed by atoms with E-state index < -0.39 is 0 Å². The molecule has 0 spiro atoms. The van der Waals surface area contributed by atoms with Crippen LogP contribution in [0.5, 0.6) is 0 Å². The molecule has 1 heterocycles. The Morgan fingerprint density at radius 2 is 1.83 bits per heavy atom. The molecule has 106 valence electrons. The molecule has 0 bridgehead atoms. The van der Waals surface area contributed by atoms with Crippen molar-refractivity contribution >= 4 is 0 Å². The van der Waals surface area contributed by atoms with Gasteiger partial charge in [-0.25, -0.2) is 0 Å². The molecule has 1 saturated carbocycles. The summed E-state index contributed by atoms with van der Waals surface area (Å²) in [6.07, 6.45) is 5.57. The molecule has 2 nitrogen and oxygen atoms in total. The zero-order valence-electron chi connectivity index (χ0n) is 12.9. The van der Waals surface area contributed by atoms with Gasteiger partial charge >= 0.3 is 0 Å². The summed E-state index contributed by atoms with van der Waals surface area (Å²) in [4.78, 5) is 2.81. The Kier molecular flexibility index (Phi) is 4.71. The Labute approximate surface area is 114 Å². The van der Waals surface area contributed by atoms with Crippen molar-refractivity contribution in [3.63, 3.8) is 0 Å². The molecule has 2 fully saturated rings. The summed E-state index contributed by atoms with van der Waals surface area (Å²) >= 11 is 0. The van der Waals surface area contributed by atoms with Crippen molar-refractivity contribution in [3.05, 3.63) is 0 Å². The van der Waals surface area contributed by atoms with Crippen LogP contribution < -0.4 is 5.32 Å². The Morgan fingerprint density at radius 1 is 1.11 bits per heavy atom. The van der Waals surface area contributed by atoms with Gasteiger partial charge in [-0.15, -0.1) is 0 Å². The molecule has 1 aliphatic heterocycles. The number of likely N-dealkylation sites (N-methyl/N-ethyl adjacent to an activating group) is 1. The van der Waals surface area contributed by atoms with Crippen LogP contribution >= 0.6 is 0 Å². The molecular weight excluding hydrogens is 220 g/mol. The summed E-state index contributed by atoms with van der Waals surface area (Å²) in [6, 6.07) is 2.27. The predicted molar refractivity (Wildman–Crippen MR) is 78.8 cm³/mol. The molecule has 0 amide bonds. The van der Waals surface area contributed by atoms with Gasteiger partial charge in [0.2, 0.25) is 0 Å². The van der Waals surface area contributed by atoms with Crippen LogP contribution in [0, 0.1) is 17.8 Å². The molecular formula is C16H32N2. The largest absolute Gasteiger partial charge is 0.315 e. The summed E-state index contributed by atoms with van der Waals surface area (Å²) < 4.78 is 0. The van der Waals surface area contributed by atoms with Crippen molar-refractivity contribution in [2.75, 3.05) is 13.6 Å². The maximum absolute atomic E-state index is 3.58. The van der Waals surface area contributed by atoms with Gasteiger partial charge in [-0.1, -0.05) is 20.8 Å². The molecule has 1 saturated heterocycles. The van der Waals surface area contributed by atoms with Gasteiger partial charge in [0, 0.05) is 24.7 Å². The van der Waals surface area contributed by atoms with Crippen LogP contribution in [-0.4, -0.2) is 36.6 Å². The average molecular weight is 252 g/mol. The van der Waals surface area contributed by atoms with Crippen molar-refractivity contribution in [2.24, 2.45) is 17.8 Å². The van der Waals surface area contributed by atoms with Gasteiger partial charge in [-0.2, -0.15) is 0 Å². The van der Waals surface area contributed by atoms with E-state index in [1.165, 1.54) is 32.2 Å². The first-order valence-corrected chi connectivity index (χ1v) is 7.96. The highest BCUT2D eigenvalue weighted by molar-refractivity contribution is 4.95. The fourth-order valence-electron chi connectivity index (χ4n) is 4.28. The highest BCUT2D eigenvalue weighted by Gasteiger charge is 2.39. The summed E-state index contributed by atoms with van der Waals surface area (Å²) in [5, 5.41) is 3.58. The highest BCUT2D eigenvalue weighted by atomic mass is 15.2. The van der Waals surface area contributed by atoms with Gasteiger partial charge in [-0.3, -0.25) is 4.90 Å². The lowest BCUT2D eigenvalue weighted by Gasteiger charge is -2.44. The SMILES string of the molecule is CNC1CCC(C(C)C)CC1N1CC(C)CC1C. The fourth-order valence-corrected chi connectivity index (χ4v) is 4.28. The van der Waals surface area contributed by atoms with Gasteiger partial charge < -0.3 is 5.32 Å². The minimum atomic E-state index is 0.716. The third-order valence-corrected chi connectivity index (χ3v) is 5.43. The van der Waals surface area contributed by atoms with E-state index in [1.807, 2.05) is 0 Å². The molecule has 0 radical (unpaired) electrons.